The topological polar surface area (TPSA) is 63.9 Å². The number of aryl methyl sites for hydroxylation is 2. The minimum atomic E-state index is 0. The average Bonchev–Trinajstić information content (AvgIpc) is 3.11. The molecule has 0 aliphatic rings. The van der Waals surface area contributed by atoms with Crippen molar-refractivity contribution in [2.45, 2.75) is 19.3 Å². The Balaban J connectivity index is 0.00000392. The van der Waals surface area contributed by atoms with Crippen LogP contribution in [0.3, 0.4) is 0 Å². The van der Waals surface area contributed by atoms with Crippen molar-refractivity contribution in [2.75, 3.05) is 41.4 Å². The van der Waals surface area contributed by atoms with Crippen LogP contribution >= 0.6 is 24.0 Å². The van der Waals surface area contributed by atoms with Crippen LogP contribution in [0.4, 0.5) is 0 Å². The lowest BCUT2D eigenvalue weighted by molar-refractivity contribution is 0.354. The number of halogens is 1. The lowest BCUT2D eigenvalue weighted by atomic mass is 10.1. The largest absolute Gasteiger partial charge is 0.493 e. The van der Waals surface area contributed by atoms with Gasteiger partial charge in [0.25, 0.3) is 0 Å². The van der Waals surface area contributed by atoms with Crippen molar-refractivity contribution in [3.05, 3.63) is 41.7 Å². The quantitative estimate of drug-likeness (QED) is 0.248. The summed E-state index contributed by atoms with van der Waals surface area (Å²) in [6.45, 7) is 1.74. The zero-order chi connectivity index (χ0) is 19.6. The van der Waals surface area contributed by atoms with Gasteiger partial charge in [0.1, 0.15) is 0 Å². The number of aromatic nitrogens is 2. The predicted molar refractivity (Wildman–Crippen MR) is 124 cm³/mol. The summed E-state index contributed by atoms with van der Waals surface area (Å²) >= 11 is 0. The molecule has 0 spiro atoms. The molecule has 2 aromatic rings. The third-order valence-electron chi connectivity index (χ3n) is 4.44. The number of nitrogens with one attached hydrogen (secondary N) is 1. The first-order valence-corrected chi connectivity index (χ1v) is 9.17. The number of benzene rings is 1. The van der Waals surface area contributed by atoms with E-state index in [0.29, 0.717) is 0 Å². The number of nitrogens with zero attached hydrogens (tertiary/aromatic N) is 4. The van der Waals surface area contributed by atoms with Gasteiger partial charge in [-0.3, -0.25) is 9.67 Å². The summed E-state index contributed by atoms with van der Waals surface area (Å²) < 4.78 is 12.5. The highest BCUT2D eigenvalue weighted by Gasteiger charge is 2.08. The number of aliphatic imine (C=N–C) groups is 1. The summed E-state index contributed by atoms with van der Waals surface area (Å²) in [5.41, 5.74) is 2.46. The summed E-state index contributed by atoms with van der Waals surface area (Å²) in [5.74, 6) is 2.41. The third-order valence-corrected chi connectivity index (χ3v) is 4.44. The zero-order valence-corrected chi connectivity index (χ0v) is 19.8. The molecule has 0 amide bonds. The summed E-state index contributed by atoms with van der Waals surface area (Å²) in [4.78, 5) is 6.52. The van der Waals surface area contributed by atoms with E-state index in [1.807, 2.05) is 37.1 Å². The summed E-state index contributed by atoms with van der Waals surface area (Å²) in [7, 11) is 9.12. The highest BCUT2D eigenvalue weighted by molar-refractivity contribution is 14.0. The Labute approximate surface area is 185 Å². The molecule has 0 unspecified atom stereocenters. The molecule has 1 heterocycles. The van der Waals surface area contributed by atoms with Gasteiger partial charge < -0.3 is 19.7 Å². The van der Waals surface area contributed by atoms with Gasteiger partial charge in [-0.05, 0) is 42.5 Å². The zero-order valence-electron chi connectivity index (χ0n) is 17.4. The van der Waals surface area contributed by atoms with Crippen molar-refractivity contribution in [3.8, 4) is 11.5 Å². The second kappa shape index (κ2) is 12.5. The van der Waals surface area contributed by atoms with E-state index < -0.39 is 0 Å². The van der Waals surface area contributed by atoms with Crippen LogP contribution in [0, 0.1) is 0 Å². The summed E-state index contributed by atoms with van der Waals surface area (Å²) in [5, 5.41) is 7.63. The van der Waals surface area contributed by atoms with E-state index in [2.05, 4.69) is 39.6 Å². The maximum atomic E-state index is 5.38. The van der Waals surface area contributed by atoms with Gasteiger partial charge in [0.05, 0.1) is 20.4 Å². The SMILES string of the molecule is CN=C(NCCCc1cnn(C)c1)N(C)CCc1ccc(OC)c(OC)c1.I. The number of rotatable bonds is 9. The molecule has 0 aliphatic heterocycles. The average molecular weight is 501 g/mol. The molecular formula is C20H32IN5O2. The van der Waals surface area contributed by atoms with Crippen LogP contribution in [-0.4, -0.2) is 62.0 Å². The first kappa shape index (κ1) is 24.1. The molecule has 0 atom stereocenters. The summed E-state index contributed by atoms with van der Waals surface area (Å²) in [6.07, 6.45) is 6.92. The molecule has 156 valence electrons. The Hall–Kier alpha value is -1.97. The fourth-order valence-electron chi connectivity index (χ4n) is 2.92. The molecule has 1 aromatic carbocycles. The highest BCUT2D eigenvalue weighted by atomic mass is 127. The molecule has 1 aromatic heterocycles. The van der Waals surface area contributed by atoms with E-state index in [0.717, 1.165) is 49.8 Å². The van der Waals surface area contributed by atoms with Gasteiger partial charge >= 0.3 is 0 Å². The van der Waals surface area contributed by atoms with Crippen molar-refractivity contribution in [2.24, 2.45) is 12.0 Å². The van der Waals surface area contributed by atoms with E-state index >= 15 is 0 Å². The number of likely N-dealkylation sites (N-methyl/N-ethyl adjacent to an activating group) is 1. The molecule has 0 saturated carbocycles. The highest BCUT2D eigenvalue weighted by Crippen LogP contribution is 2.27. The fraction of sp³-hybridized carbons (Fsp3) is 0.500. The van der Waals surface area contributed by atoms with Crippen molar-refractivity contribution >= 4 is 29.9 Å². The smallest absolute Gasteiger partial charge is 0.193 e. The van der Waals surface area contributed by atoms with E-state index in [9.17, 15) is 0 Å². The Morgan fingerprint density at radius 3 is 2.54 bits per heavy atom. The van der Waals surface area contributed by atoms with E-state index in [-0.39, 0.29) is 24.0 Å². The van der Waals surface area contributed by atoms with Crippen LogP contribution in [0.2, 0.25) is 0 Å². The lowest BCUT2D eigenvalue weighted by Gasteiger charge is -2.22. The van der Waals surface area contributed by atoms with Crippen molar-refractivity contribution in [1.29, 1.82) is 0 Å². The van der Waals surface area contributed by atoms with Crippen LogP contribution in [0.25, 0.3) is 0 Å². The minimum absolute atomic E-state index is 0. The molecule has 0 bridgehead atoms. The van der Waals surface area contributed by atoms with Gasteiger partial charge in [-0.25, -0.2) is 0 Å². The summed E-state index contributed by atoms with van der Waals surface area (Å²) in [6, 6.07) is 6.04. The first-order chi connectivity index (χ1) is 13.1. The second-order valence-corrected chi connectivity index (χ2v) is 6.46. The van der Waals surface area contributed by atoms with Crippen LogP contribution in [0.1, 0.15) is 17.5 Å². The van der Waals surface area contributed by atoms with Crippen molar-refractivity contribution in [3.63, 3.8) is 0 Å². The van der Waals surface area contributed by atoms with Crippen molar-refractivity contribution < 1.29 is 9.47 Å². The molecule has 2 rings (SSSR count). The second-order valence-electron chi connectivity index (χ2n) is 6.46. The van der Waals surface area contributed by atoms with Crippen molar-refractivity contribution in [1.82, 2.24) is 20.0 Å². The van der Waals surface area contributed by atoms with Gasteiger partial charge in [0, 0.05) is 40.4 Å². The Morgan fingerprint density at radius 1 is 1.18 bits per heavy atom. The molecule has 1 N–H and O–H groups in total. The Bertz CT molecular complexity index is 748. The fourth-order valence-corrected chi connectivity index (χ4v) is 2.92. The number of ether oxygens (including phenoxy) is 2. The Morgan fingerprint density at radius 2 is 1.93 bits per heavy atom. The number of methoxy groups -OCH3 is 2. The normalized spacial score (nSPS) is 11.0. The standard InChI is InChI=1S/C20H31N5O2.HI/c1-21-20(22-11-6-7-17-14-23-25(3)15-17)24(2)12-10-16-8-9-18(26-4)19(13-16)27-5;/h8-9,13-15H,6-7,10-12H2,1-5H3,(H,21,22);1H. The monoisotopic (exact) mass is 501 g/mol. The molecule has 8 heteroatoms. The molecular weight excluding hydrogens is 469 g/mol. The number of guanidine groups is 1. The minimum Gasteiger partial charge on any atom is -0.493 e. The van der Waals surface area contributed by atoms with E-state index in [4.69, 9.17) is 9.47 Å². The molecule has 0 saturated heterocycles. The lowest BCUT2D eigenvalue weighted by Crippen LogP contribution is -2.40. The number of hydrogen-bond acceptors (Lipinski definition) is 4. The number of hydrogen-bond donors (Lipinski definition) is 1. The maximum Gasteiger partial charge on any atom is 0.193 e. The molecule has 28 heavy (non-hydrogen) atoms. The van der Waals surface area contributed by atoms with E-state index in [1.54, 1.807) is 14.2 Å². The van der Waals surface area contributed by atoms with Gasteiger partial charge in [-0.15, -0.1) is 24.0 Å². The molecule has 7 nitrogen and oxygen atoms in total. The van der Waals surface area contributed by atoms with E-state index in [1.165, 1.54) is 11.1 Å². The predicted octanol–water partition coefficient (Wildman–Crippen LogP) is 2.74. The van der Waals surface area contributed by atoms with Gasteiger partial charge in [-0.2, -0.15) is 5.10 Å². The third kappa shape index (κ3) is 7.21. The molecule has 0 fully saturated rings. The van der Waals surface area contributed by atoms with Crippen LogP contribution < -0.4 is 14.8 Å². The van der Waals surface area contributed by atoms with Crippen LogP contribution in [0.5, 0.6) is 11.5 Å². The van der Waals surface area contributed by atoms with Crippen LogP contribution in [0.15, 0.2) is 35.6 Å². The molecule has 0 aliphatic carbocycles. The Kier molecular flexibility index (Phi) is 10.7. The first-order valence-electron chi connectivity index (χ1n) is 9.17. The maximum absolute atomic E-state index is 5.38. The van der Waals surface area contributed by atoms with Gasteiger partial charge in [0.15, 0.2) is 17.5 Å². The molecule has 0 radical (unpaired) electrons. The van der Waals surface area contributed by atoms with Gasteiger partial charge in [0.2, 0.25) is 0 Å². The van der Waals surface area contributed by atoms with Gasteiger partial charge in [-0.1, -0.05) is 6.07 Å². The van der Waals surface area contributed by atoms with Crippen LogP contribution in [-0.2, 0) is 19.9 Å².